The van der Waals surface area contributed by atoms with Crippen molar-refractivity contribution in [3.05, 3.63) is 41.8 Å². The van der Waals surface area contributed by atoms with Gasteiger partial charge in [-0.25, -0.2) is 9.36 Å². The van der Waals surface area contributed by atoms with Gasteiger partial charge in [0.1, 0.15) is 35.8 Å². The number of nitrogen functional groups attached to an aromatic ring is 1. The molecule has 18 heteroatoms. The maximum absolute atomic E-state index is 13.2. The molecule has 2 aliphatic heterocycles. The number of aliphatic carboxylic acids is 1. The van der Waals surface area contributed by atoms with E-state index in [0.29, 0.717) is 23.5 Å². The van der Waals surface area contributed by atoms with Crippen molar-refractivity contribution in [2.75, 3.05) is 37.7 Å². The maximum atomic E-state index is 13.2. The molecule has 0 bridgehead atoms. The van der Waals surface area contributed by atoms with E-state index in [0.717, 1.165) is 43.1 Å². The van der Waals surface area contributed by atoms with Crippen LogP contribution in [0.5, 0.6) is 0 Å². The molecule has 0 aliphatic carbocycles. The number of fused-ring (bicyclic) bond motifs is 2. The average molecular weight is 631 g/mol. The predicted octanol–water partition coefficient (Wildman–Crippen LogP) is -1.12. The van der Waals surface area contributed by atoms with Gasteiger partial charge in [0.25, 0.3) is 11.8 Å². The van der Waals surface area contributed by atoms with Crippen LogP contribution in [0.4, 0.5) is 5.13 Å². The maximum Gasteiger partial charge on any atom is 0.352 e. The number of aromatic nitrogens is 5. The molecule has 0 radical (unpaired) electrons. The number of nitrogens with one attached hydrogen (secondary N) is 2. The first-order valence-corrected chi connectivity index (χ1v) is 15.4. The van der Waals surface area contributed by atoms with E-state index < -0.39 is 29.2 Å². The molecule has 1 saturated heterocycles. The molecule has 2 atom stereocenters. The Bertz CT molecular complexity index is 1590. The minimum absolute atomic E-state index is 0.0290. The zero-order valence-corrected chi connectivity index (χ0v) is 24.9. The summed E-state index contributed by atoms with van der Waals surface area (Å²) in [4.78, 5) is 53.6. The summed E-state index contributed by atoms with van der Waals surface area (Å²) >= 11 is 2.26. The number of oxime groups is 1. The molecule has 16 nitrogen and oxygen atoms in total. The van der Waals surface area contributed by atoms with Crippen molar-refractivity contribution >= 4 is 63.1 Å². The second-order valence-corrected chi connectivity index (χ2v) is 11.5. The first-order valence-electron chi connectivity index (χ1n) is 13.6. The quantitative estimate of drug-likeness (QED) is 0.0470. The minimum atomic E-state index is -1.22. The molecule has 228 valence electrons. The first kappa shape index (κ1) is 30.3. The molecule has 1 fully saturated rings. The lowest BCUT2D eigenvalue weighted by molar-refractivity contribution is -0.664. The smallest absolute Gasteiger partial charge is 0.352 e. The van der Waals surface area contributed by atoms with Gasteiger partial charge in [-0.3, -0.25) is 14.5 Å². The fourth-order valence-corrected chi connectivity index (χ4v) is 6.62. The lowest BCUT2D eigenvalue weighted by Gasteiger charge is -2.49. The summed E-state index contributed by atoms with van der Waals surface area (Å²) in [5, 5.41) is 19.4. The Balaban J connectivity index is 1.32. The number of carboxylic acid groups (broad SMARTS) is 1. The Kier molecular flexibility index (Phi) is 9.49. The molecule has 0 spiro atoms. The number of pyridine rings is 1. The van der Waals surface area contributed by atoms with Crippen molar-refractivity contribution in [1.29, 1.82) is 0 Å². The molecular formula is C25H32N11O5S2+. The van der Waals surface area contributed by atoms with E-state index in [-0.39, 0.29) is 35.5 Å². The number of β-lactam (4-membered cyclic amide) rings is 1. The highest BCUT2D eigenvalue weighted by Crippen LogP contribution is 2.40. The number of rotatable bonds is 14. The number of nitrogens with zero attached hydrogens (tertiary/aromatic N) is 7. The Hall–Kier alpha value is -4.13. The van der Waals surface area contributed by atoms with Crippen molar-refractivity contribution in [2.45, 2.75) is 37.8 Å². The zero-order valence-electron chi connectivity index (χ0n) is 23.3. The van der Waals surface area contributed by atoms with Gasteiger partial charge in [0, 0.05) is 42.5 Å². The van der Waals surface area contributed by atoms with Crippen molar-refractivity contribution in [3.63, 3.8) is 0 Å². The summed E-state index contributed by atoms with van der Waals surface area (Å²) in [5.74, 6) is -2.19. The summed E-state index contributed by atoms with van der Waals surface area (Å²) in [6.07, 6.45) is 4.51. The van der Waals surface area contributed by atoms with Crippen LogP contribution in [0.1, 0.15) is 19.2 Å². The second kappa shape index (κ2) is 13.4. The van der Waals surface area contributed by atoms with Crippen molar-refractivity contribution in [2.24, 2.45) is 10.9 Å². The molecule has 5 rings (SSSR count). The van der Waals surface area contributed by atoms with Crippen LogP contribution in [-0.2, 0) is 32.3 Å². The fraction of sp³-hybridized carbons (Fsp3) is 0.440. The third-order valence-electron chi connectivity index (χ3n) is 6.77. The van der Waals surface area contributed by atoms with Gasteiger partial charge in [0.05, 0.1) is 6.20 Å². The number of anilines is 1. The first-order chi connectivity index (χ1) is 20.8. The van der Waals surface area contributed by atoms with Crippen LogP contribution >= 0.6 is 23.3 Å². The highest BCUT2D eigenvalue weighted by molar-refractivity contribution is 8.00. The van der Waals surface area contributed by atoms with Crippen LogP contribution in [0.2, 0.25) is 0 Å². The highest BCUT2D eigenvalue weighted by Gasteiger charge is 2.54. The van der Waals surface area contributed by atoms with Crippen LogP contribution in [0.3, 0.4) is 0 Å². The highest BCUT2D eigenvalue weighted by atomic mass is 32.2. The average Bonchev–Trinajstić information content (AvgIpc) is 3.62. The lowest BCUT2D eigenvalue weighted by Crippen LogP contribution is -2.71. The van der Waals surface area contributed by atoms with Crippen molar-refractivity contribution in [1.82, 2.24) is 34.4 Å². The molecule has 2 aliphatic rings. The third kappa shape index (κ3) is 6.31. The van der Waals surface area contributed by atoms with Gasteiger partial charge in [0.2, 0.25) is 17.9 Å². The molecule has 0 saturated carbocycles. The van der Waals surface area contributed by atoms with E-state index >= 15 is 0 Å². The van der Waals surface area contributed by atoms with Gasteiger partial charge in [0.15, 0.2) is 5.13 Å². The van der Waals surface area contributed by atoms with E-state index in [1.165, 1.54) is 16.7 Å². The molecule has 0 aromatic carbocycles. The number of carboxylic acids is 1. The minimum Gasteiger partial charge on any atom is -0.477 e. The van der Waals surface area contributed by atoms with Gasteiger partial charge in [-0.2, -0.15) is 9.36 Å². The summed E-state index contributed by atoms with van der Waals surface area (Å²) < 4.78 is 7.94. The van der Waals surface area contributed by atoms with Gasteiger partial charge in [-0.15, -0.1) is 11.8 Å². The van der Waals surface area contributed by atoms with Crippen LogP contribution in [0.25, 0.3) is 11.2 Å². The summed E-state index contributed by atoms with van der Waals surface area (Å²) in [6.45, 7) is 5.07. The number of imidazole rings is 1. The van der Waals surface area contributed by atoms with Gasteiger partial charge < -0.3 is 36.6 Å². The fourth-order valence-electron chi connectivity index (χ4n) is 4.85. The Morgan fingerprint density at radius 3 is 2.91 bits per heavy atom. The number of thioether (sulfide) groups is 1. The van der Waals surface area contributed by atoms with Crippen LogP contribution in [-0.4, -0.2) is 95.8 Å². The topological polar surface area (TPSA) is 220 Å². The van der Waals surface area contributed by atoms with Crippen LogP contribution in [0, 0.1) is 0 Å². The molecule has 5 heterocycles. The molecule has 3 aromatic rings. The largest absolute Gasteiger partial charge is 0.477 e. The van der Waals surface area contributed by atoms with Crippen LogP contribution in [0.15, 0.2) is 41.1 Å². The van der Waals surface area contributed by atoms with E-state index in [4.69, 9.17) is 16.3 Å². The number of amides is 2. The molecule has 43 heavy (non-hydrogen) atoms. The van der Waals surface area contributed by atoms with E-state index in [1.54, 1.807) is 13.3 Å². The number of aryl methyl sites for hydroxylation is 1. The zero-order chi connectivity index (χ0) is 30.5. The molecule has 2 amide bonds. The normalized spacial score (nSPS) is 18.5. The number of carbonyl (C=O) groups excluding carboxylic acids is 2. The molecule has 3 aromatic heterocycles. The second-order valence-electron chi connectivity index (χ2n) is 9.61. The number of hydrogen-bond acceptors (Lipinski definition) is 13. The molecular weight excluding hydrogens is 598 g/mol. The Morgan fingerprint density at radius 2 is 2.19 bits per heavy atom. The monoisotopic (exact) mass is 630 g/mol. The number of nitrogens with two attached hydrogens (primary N) is 2. The standard InChI is InChI=1S/C25H31N11O5S2/c1-2-41-32-16(19-31-25(27)43-33-19)21(37)30-17-22(38)36-18(24(39)40)14(12-42-23(17)36)11-34-9-3-5-15-20(34)29-13-35(15)10-4-7-28-8-6-26/h3,5,9,13,17,23,28H,2,4,6-8,10-12,26H2,1H3,(H3-,27,30,31,33,37,39,40)/p+1/b32-16-. The summed E-state index contributed by atoms with van der Waals surface area (Å²) in [7, 11) is 0. The number of hydrogen-bond donors (Lipinski definition) is 5. The number of carbonyl (C=O) groups is 3. The molecule has 7 N–H and O–H groups in total. The van der Waals surface area contributed by atoms with Crippen molar-refractivity contribution < 1.29 is 28.9 Å². The summed E-state index contributed by atoms with van der Waals surface area (Å²) in [6, 6.07) is 2.89. The van der Waals surface area contributed by atoms with Crippen molar-refractivity contribution in [3.8, 4) is 0 Å². The van der Waals surface area contributed by atoms with E-state index in [1.807, 2.05) is 22.9 Å². The Labute approximate surface area is 254 Å². The van der Waals surface area contributed by atoms with Gasteiger partial charge >= 0.3 is 11.6 Å². The molecule has 2 unspecified atom stereocenters. The Morgan fingerprint density at radius 1 is 1.35 bits per heavy atom. The van der Waals surface area contributed by atoms with Gasteiger partial charge in [-0.05, 0) is 37.0 Å². The van der Waals surface area contributed by atoms with E-state index in [2.05, 4.69) is 34.7 Å². The van der Waals surface area contributed by atoms with Crippen LogP contribution < -0.4 is 26.7 Å². The lowest BCUT2D eigenvalue weighted by atomic mass is 10.0. The van der Waals surface area contributed by atoms with Gasteiger partial charge in [-0.1, -0.05) is 5.16 Å². The third-order valence-corrected chi connectivity index (χ3v) is 8.66. The predicted molar refractivity (Wildman–Crippen MR) is 159 cm³/mol. The van der Waals surface area contributed by atoms with E-state index in [9.17, 15) is 19.5 Å². The summed E-state index contributed by atoms with van der Waals surface area (Å²) in [5.41, 5.74) is 13.0. The SMILES string of the molecule is CCO/N=C(\C(=O)NC1C(=O)N2C(C(=O)O)=C(C[n+]3cccc4c3ncn4CCCNCCN)CSC12)c1nsc(N)n1.